The molecular formula is C19H20N2OS. The molecule has 0 aliphatic rings. The van der Waals surface area contributed by atoms with Crippen LogP contribution in [-0.2, 0) is 13.2 Å². The molecule has 0 atom stereocenters. The fourth-order valence-corrected chi connectivity index (χ4v) is 3.39. The molecule has 3 nitrogen and oxygen atoms in total. The molecule has 1 aromatic heterocycles. The fourth-order valence-electron chi connectivity index (χ4n) is 2.50. The topological polar surface area (TPSA) is 36.4 Å². The van der Waals surface area contributed by atoms with Gasteiger partial charge in [0, 0.05) is 24.0 Å². The minimum absolute atomic E-state index is 0.0855. The van der Waals surface area contributed by atoms with E-state index in [1.54, 1.807) is 11.3 Å². The van der Waals surface area contributed by atoms with Crippen LogP contribution >= 0.6 is 11.3 Å². The first-order chi connectivity index (χ1) is 11.2. The Bertz CT molecular complexity index is 766. The Labute approximate surface area is 140 Å². The first-order valence-corrected chi connectivity index (χ1v) is 8.41. The normalized spacial score (nSPS) is 10.7. The first-order valence-electron chi connectivity index (χ1n) is 7.60. The van der Waals surface area contributed by atoms with Crippen LogP contribution in [0.4, 0.5) is 5.13 Å². The lowest BCUT2D eigenvalue weighted by atomic mass is 10.1. The van der Waals surface area contributed by atoms with Gasteiger partial charge in [0.2, 0.25) is 0 Å². The van der Waals surface area contributed by atoms with Crippen molar-refractivity contribution in [3.63, 3.8) is 0 Å². The van der Waals surface area contributed by atoms with Gasteiger partial charge in [-0.25, -0.2) is 4.98 Å². The van der Waals surface area contributed by atoms with Crippen LogP contribution in [0.5, 0.6) is 0 Å². The highest BCUT2D eigenvalue weighted by atomic mass is 32.1. The van der Waals surface area contributed by atoms with Crippen LogP contribution in [0.2, 0.25) is 0 Å². The van der Waals surface area contributed by atoms with Gasteiger partial charge in [-0.3, -0.25) is 0 Å². The second kappa shape index (κ2) is 6.94. The Morgan fingerprint density at radius 1 is 1.00 bits per heavy atom. The molecule has 0 spiro atoms. The van der Waals surface area contributed by atoms with E-state index in [4.69, 9.17) is 10.1 Å². The number of aliphatic hydroxyl groups is 1. The Kier molecular flexibility index (Phi) is 4.74. The van der Waals surface area contributed by atoms with E-state index < -0.39 is 0 Å². The van der Waals surface area contributed by atoms with Crippen LogP contribution in [0.15, 0.2) is 54.6 Å². The van der Waals surface area contributed by atoms with Gasteiger partial charge in [-0.05, 0) is 18.1 Å². The molecule has 1 heterocycles. The van der Waals surface area contributed by atoms with E-state index in [0.29, 0.717) is 0 Å². The molecule has 23 heavy (non-hydrogen) atoms. The van der Waals surface area contributed by atoms with Gasteiger partial charge in [-0.2, -0.15) is 0 Å². The molecule has 2 aromatic carbocycles. The molecular weight excluding hydrogens is 304 g/mol. The molecule has 4 heteroatoms. The van der Waals surface area contributed by atoms with Crippen molar-refractivity contribution in [1.29, 1.82) is 0 Å². The van der Waals surface area contributed by atoms with Crippen LogP contribution in [0.3, 0.4) is 0 Å². The molecule has 3 rings (SSSR count). The van der Waals surface area contributed by atoms with Crippen molar-refractivity contribution in [2.24, 2.45) is 0 Å². The number of benzene rings is 2. The summed E-state index contributed by atoms with van der Waals surface area (Å²) in [6.07, 6.45) is 0. The molecule has 3 aromatic rings. The number of thiazole rings is 1. The second-order valence-electron chi connectivity index (χ2n) is 5.60. The third kappa shape index (κ3) is 3.60. The van der Waals surface area contributed by atoms with Gasteiger partial charge < -0.3 is 10.0 Å². The second-order valence-corrected chi connectivity index (χ2v) is 6.78. The highest BCUT2D eigenvalue weighted by Crippen LogP contribution is 2.32. The molecule has 0 saturated carbocycles. The van der Waals surface area contributed by atoms with Crippen molar-refractivity contribution in [3.05, 3.63) is 70.6 Å². The zero-order chi connectivity index (χ0) is 16.2. The number of aliphatic hydroxyl groups excluding tert-OH is 1. The minimum Gasteiger partial charge on any atom is -0.392 e. The largest absolute Gasteiger partial charge is 0.392 e. The van der Waals surface area contributed by atoms with Gasteiger partial charge in [0.25, 0.3) is 0 Å². The molecule has 0 fully saturated rings. The smallest absolute Gasteiger partial charge is 0.186 e. The lowest BCUT2D eigenvalue weighted by Crippen LogP contribution is -2.16. The van der Waals surface area contributed by atoms with Crippen LogP contribution < -0.4 is 4.90 Å². The molecule has 0 bridgehead atoms. The molecule has 0 saturated heterocycles. The fraction of sp³-hybridized carbons (Fsp3) is 0.211. The summed E-state index contributed by atoms with van der Waals surface area (Å²) in [4.78, 5) is 8.21. The van der Waals surface area contributed by atoms with E-state index in [1.807, 2.05) is 30.3 Å². The summed E-state index contributed by atoms with van der Waals surface area (Å²) < 4.78 is 0. The maximum Gasteiger partial charge on any atom is 0.186 e. The molecule has 0 amide bonds. The number of nitrogens with zero attached hydrogens (tertiary/aromatic N) is 2. The number of hydrogen-bond donors (Lipinski definition) is 1. The predicted octanol–water partition coefficient (Wildman–Crippen LogP) is 4.25. The standard InChI is InChI=1S/C19H20N2OS/c1-14-18(17-6-4-3-5-7-17)20-19(23-14)21(2)12-15-8-10-16(13-22)11-9-15/h3-11,22H,12-13H2,1-2H3. The van der Waals surface area contributed by atoms with E-state index in [9.17, 15) is 0 Å². The molecule has 0 unspecified atom stereocenters. The predicted molar refractivity (Wildman–Crippen MR) is 96.8 cm³/mol. The highest BCUT2D eigenvalue weighted by Gasteiger charge is 2.13. The van der Waals surface area contributed by atoms with Crippen LogP contribution in [0, 0.1) is 6.92 Å². The Morgan fingerprint density at radius 2 is 1.65 bits per heavy atom. The number of aromatic nitrogens is 1. The van der Waals surface area contributed by atoms with Crippen LogP contribution in [0.25, 0.3) is 11.3 Å². The third-order valence-electron chi connectivity index (χ3n) is 3.78. The van der Waals surface area contributed by atoms with E-state index in [1.165, 1.54) is 10.4 Å². The lowest BCUT2D eigenvalue weighted by molar-refractivity contribution is 0.282. The number of hydrogen-bond acceptors (Lipinski definition) is 4. The lowest BCUT2D eigenvalue weighted by Gasteiger charge is -2.15. The molecule has 0 radical (unpaired) electrons. The zero-order valence-electron chi connectivity index (χ0n) is 13.4. The van der Waals surface area contributed by atoms with Crippen molar-refractivity contribution in [2.45, 2.75) is 20.1 Å². The first kappa shape index (κ1) is 15.7. The average molecular weight is 324 g/mol. The van der Waals surface area contributed by atoms with Crippen molar-refractivity contribution in [3.8, 4) is 11.3 Å². The Balaban J connectivity index is 1.78. The maximum atomic E-state index is 9.11. The molecule has 118 valence electrons. The number of rotatable bonds is 5. The summed E-state index contributed by atoms with van der Waals surface area (Å²) in [5.74, 6) is 0. The molecule has 0 aliphatic heterocycles. The Morgan fingerprint density at radius 3 is 2.30 bits per heavy atom. The van der Waals surface area contributed by atoms with E-state index >= 15 is 0 Å². The number of aryl methyl sites for hydroxylation is 1. The highest BCUT2D eigenvalue weighted by molar-refractivity contribution is 7.16. The van der Waals surface area contributed by atoms with Crippen LogP contribution in [0.1, 0.15) is 16.0 Å². The number of anilines is 1. The van der Waals surface area contributed by atoms with Crippen molar-refractivity contribution < 1.29 is 5.11 Å². The Hall–Kier alpha value is -2.17. The summed E-state index contributed by atoms with van der Waals surface area (Å²) >= 11 is 1.72. The van der Waals surface area contributed by atoms with Crippen molar-refractivity contribution >= 4 is 16.5 Å². The third-order valence-corrected chi connectivity index (χ3v) is 4.87. The minimum atomic E-state index is 0.0855. The van der Waals surface area contributed by atoms with Gasteiger partial charge >= 0.3 is 0 Å². The zero-order valence-corrected chi connectivity index (χ0v) is 14.2. The average Bonchev–Trinajstić information content (AvgIpc) is 2.98. The van der Waals surface area contributed by atoms with E-state index in [2.05, 4.69) is 43.1 Å². The summed E-state index contributed by atoms with van der Waals surface area (Å²) in [6.45, 7) is 3.00. The SMILES string of the molecule is Cc1sc(N(C)Cc2ccc(CO)cc2)nc1-c1ccccc1. The van der Waals surface area contributed by atoms with Crippen molar-refractivity contribution in [1.82, 2.24) is 4.98 Å². The molecule has 0 aliphatic carbocycles. The maximum absolute atomic E-state index is 9.11. The van der Waals surface area contributed by atoms with Gasteiger partial charge in [0.1, 0.15) is 0 Å². The van der Waals surface area contributed by atoms with Gasteiger partial charge in [-0.1, -0.05) is 54.6 Å². The van der Waals surface area contributed by atoms with Gasteiger partial charge in [-0.15, -0.1) is 11.3 Å². The van der Waals surface area contributed by atoms with E-state index in [-0.39, 0.29) is 6.61 Å². The van der Waals surface area contributed by atoms with Gasteiger partial charge in [0.15, 0.2) is 5.13 Å². The van der Waals surface area contributed by atoms with E-state index in [0.717, 1.165) is 28.5 Å². The summed E-state index contributed by atoms with van der Waals surface area (Å²) in [6, 6.07) is 18.3. The molecule has 1 N–H and O–H groups in total. The van der Waals surface area contributed by atoms with Crippen molar-refractivity contribution in [2.75, 3.05) is 11.9 Å². The van der Waals surface area contributed by atoms with Gasteiger partial charge in [0.05, 0.1) is 12.3 Å². The van der Waals surface area contributed by atoms with Crippen LogP contribution in [-0.4, -0.2) is 17.1 Å². The monoisotopic (exact) mass is 324 g/mol. The summed E-state index contributed by atoms with van der Waals surface area (Å²) in [5.41, 5.74) is 4.37. The quantitative estimate of drug-likeness (QED) is 0.762. The summed E-state index contributed by atoms with van der Waals surface area (Å²) in [7, 11) is 2.06. The summed E-state index contributed by atoms with van der Waals surface area (Å²) in [5, 5.41) is 10.1.